The minimum Gasteiger partial charge on any atom is -0.396 e. The lowest BCUT2D eigenvalue weighted by Crippen LogP contribution is -2.06. The number of hydrogen-bond acceptors (Lipinski definition) is 2. The van der Waals surface area contributed by atoms with Crippen LogP contribution < -0.4 is 5.32 Å². The van der Waals surface area contributed by atoms with Gasteiger partial charge in [-0.3, -0.25) is 0 Å². The second-order valence-electron chi connectivity index (χ2n) is 5.55. The van der Waals surface area contributed by atoms with Crippen molar-refractivity contribution in [1.29, 1.82) is 0 Å². The summed E-state index contributed by atoms with van der Waals surface area (Å²) < 4.78 is 0. The summed E-state index contributed by atoms with van der Waals surface area (Å²) in [5.41, 5.74) is 3.85. The van der Waals surface area contributed by atoms with Gasteiger partial charge in [0.2, 0.25) is 0 Å². The lowest BCUT2D eigenvalue weighted by atomic mass is 9.98. The molecule has 0 saturated heterocycles. The molecule has 0 radical (unpaired) electrons. The first kappa shape index (κ1) is 15.6. The van der Waals surface area contributed by atoms with Crippen molar-refractivity contribution in [3.05, 3.63) is 65.7 Å². The van der Waals surface area contributed by atoms with Crippen LogP contribution in [-0.2, 0) is 6.42 Å². The number of aliphatic hydroxyl groups is 1. The molecule has 2 nitrogen and oxygen atoms in total. The van der Waals surface area contributed by atoms with E-state index >= 15 is 0 Å². The van der Waals surface area contributed by atoms with Gasteiger partial charge in [0.05, 0.1) is 0 Å². The zero-order chi connectivity index (χ0) is 14.9. The van der Waals surface area contributed by atoms with E-state index < -0.39 is 0 Å². The molecule has 2 aromatic carbocycles. The first-order valence-corrected chi connectivity index (χ1v) is 7.78. The van der Waals surface area contributed by atoms with E-state index in [4.69, 9.17) is 5.11 Å². The third kappa shape index (κ3) is 5.24. The maximum absolute atomic E-state index is 8.89. The molecule has 21 heavy (non-hydrogen) atoms. The Labute approximate surface area is 127 Å². The number of rotatable bonds is 8. The number of aryl methyl sites for hydroxylation is 1. The molecule has 0 fully saturated rings. The quantitative estimate of drug-likeness (QED) is 0.760. The fourth-order valence-corrected chi connectivity index (χ4v) is 2.50. The van der Waals surface area contributed by atoms with Gasteiger partial charge in [0.1, 0.15) is 0 Å². The highest BCUT2D eigenvalue weighted by atomic mass is 16.2. The highest BCUT2D eigenvalue weighted by molar-refractivity contribution is 5.45. The van der Waals surface area contributed by atoms with Crippen molar-refractivity contribution in [2.75, 3.05) is 18.5 Å². The fourth-order valence-electron chi connectivity index (χ4n) is 2.50. The van der Waals surface area contributed by atoms with Crippen LogP contribution in [0.5, 0.6) is 0 Å². The Bertz CT molecular complexity index is 524. The molecule has 2 N–H and O–H groups in total. The summed E-state index contributed by atoms with van der Waals surface area (Å²) in [6, 6.07) is 19.1. The molecule has 2 rings (SSSR count). The van der Waals surface area contributed by atoms with Crippen LogP contribution in [-0.4, -0.2) is 18.3 Å². The summed E-state index contributed by atoms with van der Waals surface area (Å²) in [4.78, 5) is 0. The average Bonchev–Trinajstić information content (AvgIpc) is 2.54. The van der Waals surface area contributed by atoms with E-state index in [1.807, 2.05) is 0 Å². The van der Waals surface area contributed by atoms with Gasteiger partial charge in [0, 0.05) is 18.8 Å². The molecule has 2 aromatic rings. The zero-order valence-electron chi connectivity index (χ0n) is 12.8. The highest BCUT2D eigenvalue weighted by Gasteiger charge is 2.04. The Balaban J connectivity index is 1.80. The van der Waals surface area contributed by atoms with E-state index in [1.54, 1.807) is 0 Å². The topological polar surface area (TPSA) is 32.3 Å². The second-order valence-corrected chi connectivity index (χ2v) is 5.55. The van der Waals surface area contributed by atoms with E-state index in [0.29, 0.717) is 5.92 Å². The van der Waals surface area contributed by atoms with Crippen molar-refractivity contribution < 1.29 is 5.11 Å². The van der Waals surface area contributed by atoms with Crippen molar-refractivity contribution in [2.45, 2.75) is 32.1 Å². The average molecular weight is 283 g/mol. The largest absolute Gasteiger partial charge is 0.396 e. The molecule has 0 bridgehead atoms. The lowest BCUT2D eigenvalue weighted by Gasteiger charge is -2.13. The molecule has 0 aliphatic rings. The summed E-state index contributed by atoms with van der Waals surface area (Å²) in [5, 5.41) is 12.4. The molecule has 2 heteroatoms. The molecule has 0 heterocycles. The van der Waals surface area contributed by atoms with Crippen molar-refractivity contribution in [1.82, 2.24) is 0 Å². The zero-order valence-corrected chi connectivity index (χ0v) is 12.8. The van der Waals surface area contributed by atoms with Gasteiger partial charge < -0.3 is 10.4 Å². The monoisotopic (exact) mass is 283 g/mol. The van der Waals surface area contributed by atoms with Crippen LogP contribution in [0.1, 0.15) is 36.8 Å². The minimum atomic E-state index is 0.256. The summed E-state index contributed by atoms with van der Waals surface area (Å²) in [6.07, 6.45) is 2.88. The summed E-state index contributed by atoms with van der Waals surface area (Å²) >= 11 is 0. The van der Waals surface area contributed by atoms with Crippen LogP contribution in [0, 0.1) is 0 Å². The number of hydrogen-bond donors (Lipinski definition) is 2. The first-order valence-electron chi connectivity index (χ1n) is 7.78. The second kappa shape index (κ2) is 8.48. The minimum absolute atomic E-state index is 0.256. The maximum atomic E-state index is 8.89. The van der Waals surface area contributed by atoms with Gasteiger partial charge in [-0.15, -0.1) is 0 Å². The summed E-state index contributed by atoms with van der Waals surface area (Å²) in [7, 11) is 0. The van der Waals surface area contributed by atoms with Crippen LogP contribution in [0.3, 0.4) is 0 Å². The predicted molar refractivity (Wildman–Crippen MR) is 89.8 cm³/mol. The standard InChI is InChI=1S/C19H25NO/c1-16(18-9-3-2-4-10-18)12-13-20-19-11-5-7-17(15-19)8-6-14-21/h2-5,7,9-11,15-16,20-21H,6,8,12-14H2,1H3. The Morgan fingerprint density at radius 2 is 1.86 bits per heavy atom. The van der Waals surface area contributed by atoms with Gasteiger partial charge in [-0.05, 0) is 48.4 Å². The van der Waals surface area contributed by atoms with Crippen LogP contribution in [0.2, 0.25) is 0 Å². The van der Waals surface area contributed by atoms with Crippen LogP contribution >= 0.6 is 0 Å². The maximum Gasteiger partial charge on any atom is 0.0434 e. The van der Waals surface area contributed by atoms with Crippen molar-refractivity contribution in [2.24, 2.45) is 0 Å². The first-order chi connectivity index (χ1) is 10.3. The molecule has 0 spiro atoms. The molecule has 0 aromatic heterocycles. The van der Waals surface area contributed by atoms with Gasteiger partial charge in [0.15, 0.2) is 0 Å². The molecular formula is C19H25NO. The summed E-state index contributed by atoms with van der Waals surface area (Å²) in [6.45, 7) is 3.50. The smallest absolute Gasteiger partial charge is 0.0434 e. The molecular weight excluding hydrogens is 258 g/mol. The van der Waals surface area contributed by atoms with Gasteiger partial charge in [-0.1, -0.05) is 49.4 Å². The molecule has 1 atom stereocenters. The van der Waals surface area contributed by atoms with Gasteiger partial charge in [-0.2, -0.15) is 0 Å². The number of benzene rings is 2. The van der Waals surface area contributed by atoms with E-state index in [-0.39, 0.29) is 6.61 Å². The van der Waals surface area contributed by atoms with Gasteiger partial charge >= 0.3 is 0 Å². The summed E-state index contributed by atoms with van der Waals surface area (Å²) in [5.74, 6) is 0.566. The number of aliphatic hydroxyl groups excluding tert-OH is 1. The Kier molecular flexibility index (Phi) is 6.29. The van der Waals surface area contributed by atoms with E-state index in [2.05, 4.69) is 66.8 Å². The molecule has 0 amide bonds. The highest BCUT2D eigenvalue weighted by Crippen LogP contribution is 2.19. The Morgan fingerprint density at radius 3 is 2.62 bits per heavy atom. The van der Waals surface area contributed by atoms with Crippen LogP contribution in [0.15, 0.2) is 54.6 Å². The third-order valence-electron chi connectivity index (χ3n) is 3.83. The molecule has 0 saturated carbocycles. The molecule has 0 aliphatic heterocycles. The third-order valence-corrected chi connectivity index (χ3v) is 3.83. The number of nitrogens with one attached hydrogen (secondary N) is 1. The lowest BCUT2D eigenvalue weighted by molar-refractivity contribution is 0.288. The van der Waals surface area contributed by atoms with Crippen LogP contribution in [0.25, 0.3) is 0 Å². The number of anilines is 1. The Morgan fingerprint density at radius 1 is 1.05 bits per heavy atom. The molecule has 112 valence electrons. The van der Waals surface area contributed by atoms with E-state index in [1.165, 1.54) is 16.8 Å². The van der Waals surface area contributed by atoms with Crippen molar-refractivity contribution >= 4 is 5.69 Å². The Hall–Kier alpha value is -1.80. The SMILES string of the molecule is CC(CCNc1cccc(CCCO)c1)c1ccccc1. The predicted octanol–water partition coefficient (Wildman–Crippen LogP) is 4.22. The van der Waals surface area contributed by atoms with Crippen LogP contribution in [0.4, 0.5) is 5.69 Å². The molecule has 0 aliphatic carbocycles. The van der Waals surface area contributed by atoms with Gasteiger partial charge in [-0.25, -0.2) is 0 Å². The van der Waals surface area contributed by atoms with Crippen molar-refractivity contribution in [3.8, 4) is 0 Å². The van der Waals surface area contributed by atoms with Gasteiger partial charge in [0.25, 0.3) is 0 Å². The van der Waals surface area contributed by atoms with E-state index in [9.17, 15) is 0 Å². The van der Waals surface area contributed by atoms with Crippen molar-refractivity contribution in [3.63, 3.8) is 0 Å². The van der Waals surface area contributed by atoms with E-state index in [0.717, 1.165) is 25.8 Å². The fraction of sp³-hybridized carbons (Fsp3) is 0.368. The normalized spacial score (nSPS) is 12.1. The molecule has 1 unspecified atom stereocenters.